The lowest BCUT2D eigenvalue weighted by Crippen LogP contribution is -2.06. The number of hydrogen-bond acceptors (Lipinski definition) is 7. The number of anilines is 1. The Bertz CT molecular complexity index is 1270. The topological polar surface area (TPSA) is 89.7 Å². The fourth-order valence-corrected chi connectivity index (χ4v) is 3.57. The molecule has 32 heavy (non-hydrogen) atoms. The lowest BCUT2D eigenvalue weighted by Gasteiger charge is -2.10. The van der Waals surface area contributed by atoms with Gasteiger partial charge in [0.25, 0.3) is 0 Å². The molecule has 162 valence electrons. The van der Waals surface area contributed by atoms with Crippen molar-refractivity contribution in [2.75, 3.05) is 5.43 Å². The maximum atomic E-state index is 12.8. The second kappa shape index (κ2) is 8.63. The fraction of sp³-hybridized carbons (Fsp3) is 0.0476. The number of nitrogens with one attached hydrogen (secondary N) is 1. The van der Waals surface area contributed by atoms with Crippen molar-refractivity contribution in [3.63, 3.8) is 0 Å². The second-order valence-corrected chi connectivity index (χ2v) is 7.50. The second-order valence-electron chi connectivity index (χ2n) is 6.47. The summed E-state index contributed by atoms with van der Waals surface area (Å²) in [7, 11) is 0. The van der Waals surface area contributed by atoms with Gasteiger partial charge in [-0.15, -0.1) is 0 Å². The Balaban J connectivity index is 1.44. The number of fused-ring (bicyclic) bond motifs is 1. The molecule has 0 saturated carbocycles. The van der Waals surface area contributed by atoms with Crippen molar-refractivity contribution in [3.05, 3.63) is 88.0 Å². The third-order valence-electron chi connectivity index (χ3n) is 4.26. The summed E-state index contributed by atoms with van der Waals surface area (Å²) >= 11 is 1.46. The van der Waals surface area contributed by atoms with Crippen LogP contribution in [0.15, 0.2) is 71.8 Å². The van der Waals surface area contributed by atoms with Crippen molar-refractivity contribution in [1.29, 1.82) is 0 Å². The van der Waals surface area contributed by atoms with Gasteiger partial charge in [0.2, 0.25) is 10.9 Å². The Labute approximate surface area is 182 Å². The maximum absolute atomic E-state index is 12.8. The Morgan fingerprint density at radius 2 is 1.84 bits per heavy atom. The first-order valence-electron chi connectivity index (χ1n) is 9.08. The van der Waals surface area contributed by atoms with E-state index >= 15 is 0 Å². The quantitative estimate of drug-likeness (QED) is 0.203. The smallest absolute Gasteiger partial charge is 0.416 e. The van der Waals surface area contributed by atoms with Gasteiger partial charge in [-0.2, -0.15) is 18.3 Å². The summed E-state index contributed by atoms with van der Waals surface area (Å²) in [6.45, 7) is 0. The number of alkyl halides is 3. The van der Waals surface area contributed by atoms with Gasteiger partial charge in [0.05, 0.1) is 26.9 Å². The molecule has 1 N–H and O–H groups in total. The largest absolute Gasteiger partial charge is 0.450 e. The molecule has 0 spiro atoms. The third-order valence-corrected chi connectivity index (χ3v) is 5.20. The first kappa shape index (κ1) is 21.2. The monoisotopic (exact) mass is 458 g/mol. The number of halogens is 3. The van der Waals surface area contributed by atoms with E-state index in [1.807, 2.05) is 24.3 Å². The number of nitrogens with zero attached hydrogens (tertiary/aromatic N) is 3. The minimum atomic E-state index is -4.69. The van der Waals surface area contributed by atoms with E-state index in [-0.39, 0.29) is 11.5 Å². The van der Waals surface area contributed by atoms with Crippen molar-refractivity contribution < 1.29 is 22.8 Å². The molecule has 1 aromatic heterocycles. The van der Waals surface area contributed by atoms with Crippen LogP contribution in [0.2, 0.25) is 0 Å². The van der Waals surface area contributed by atoms with Crippen LogP contribution < -0.4 is 10.2 Å². The van der Waals surface area contributed by atoms with Crippen LogP contribution in [-0.4, -0.2) is 16.1 Å². The lowest BCUT2D eigenvalue weighted by atomic mass is 10.2. The maximum Gasteiger partial charge on any atom is 0.416 e. The number of rotatable bonds is 6. The number of nitro benzene ring substituents is 1. The number of aromatic nitrogens is 1. The van der Waals surface area contributed by atoms with Crippen LogP contribution in [-0.2, 0) is 6.18 Å². The number of para-hydroxylation sites is 1. The van der Waals surface area contributed by atoms with Gasteiger partial charge in [-0.25, -0.2) is 4.98 Å². The summed E-state index contributed by atoms with van der Waals surface area (Å²) in [4.78, 5) is 14.6. The number of hydrazone groups is 1. The molecular weight excluding hydrogens is 445 g/mol. The molecule has 0 aliphatic rings. The number of nitro groups is 1. The zero-order valence-corrected chi connectivity index (χ0v) is 16.9. The van der Waals surface area contributed by atoms with Crippen LogP contribution in [0, 0.1) is 10.1 Å². The summed E-state index contributed by atoms with van der Waals surface area (Å²) in [6, 6.07) is 16.2. The van der Waals surface area contributed by atoms with Gasteiger partial charge in [0.1, 0.15) is 5.75 Å². The highest BCUT2D eigenvalue weighted by Gasteiger charge is 2.33. The standard InChI is InChI=1S/C21H13F3N4O3S/c22-21(23,24)14-7-10-18(17(11-14)28(29)30)31-15-8-5-13(6-9-15)12-25-27-20-26-16-3-1-2-4-19(16)32-20/h1-12H,(H,26,27)/b25-12+. The fourth-order valence-electron chi connectivity index (χ4n) is 2.75. The van der Waals surface area contributed by atoms with E-state index in [2.05, 4.69) is 15.5 Å². The number of thiazole rings is 1. The van der Waals surface area contributed by atoms with Crippen LogP contribution >= 0.6 is 11.3 Å². The molecule has 0 aliphatic carbocycles. The van der Waals surface area contributed by atoms with Gasteiger partial charge in [-0.3, -0.25) is 15.5 Å². The van der Waals surface area contributed by atoms with Crippen molar-refractivity contribution >= 4 is 38.6 Å². The van der Waals surface area contributed by atoms with Gasteiger partial charge in [0.15, 0.2) is 0 Å². The summed E-state index contributed by atoms with van der Waals surface area (Å²) in [5, 5.41) is 15.9. The number of hydrogen-bond donors (Lipinski definition) is 1. The van der Waals surface area contributed by atoms with E-state index in [0.717, 1.165) is 22.3 Å². The molecule has 4 aromatic rings. The Morgan fingerprint density at radius 1 is 1.09 bits per heavy atom. The van der Waals surface area contributed by atoms with Gasteiger partial charge < -0.3 is 4.74 Å². The number of benzene rings is 3. The molecule has 1 heterocycles. The van der Waals surface area contributed by atoms with Gasteiger partial charge >= 0.3 is 11.9 Å². The van der Waals surface area contributed by atoms with Crippen LogP contribution in [0.4, 0.5) is 24.0 Å². The first-order chi connectivity index (χ1) is 15.3. The minimum Gasteiger partial charge on any atom is -0.450 e. The van der Waals surface area contributed by atoms with Gasteiger partial charge in [-0.05, 0) is 54.1 Å². The average Bonchev–Trinajstić information content (AvgIpc) is 3.17. The predicted octanol–water partition coefficient (Wildman–Crippen LogP) is 6.46. The summed E-state index contributed by atoms with van der Waals surface area (Å²) < 4.78 is 44.9. The summed E-state index contributed by atoms with van der Waals surface area (Å²) in [5.41, 5.74) is 2.53. The third kappa shape index (κ3) is 4.83. The highest BCUT2D eigenvalue weighted by Crippen LogP contribution is 2.37. The molecule has 11 heteroatoms. The highest BCUT2D eigenvalue weighted by molar-refractivity contribution is 7.22. The first-order valence-corrected chi connectivity index (χ1v) is 9.89. The lowest BCUT2D eigenvalue weighted by molar-refractivity contribution is -0.385. The predicted molar refractivity (Wildman–Crippen MR) is 115 cm³/mol. The van der Waals surface area contributed by atoms with Crippen molar-refractivity contribution in [3.8, 4) is 11.5 Å². The molecular formula is C21H13F3N4O3S. The summed E-state index contributed by atoms with van der Waals surface area (Å²) in [6.07, 6.45) is -3.14. The minimum absolute atomic E-state index is 0.226. The SMILES string of the molecule is O=[N+]([O-])c1cc(C(F)(F)F)ccc1Oc1ccc(/C=N/Nc2nc3ccccc3s2)cc1. The Kier molecular flexibility index (Phi) is 5.73. The van der Waals surface area contributed by atoms with E-state index in [1.54, 1.807) is 18.3 Å². The van der Waals surface area contributed by atoms with Crippen LogP contribution in [0.5, 0.6) is 11.5 Å². The summed E-state index contributed by atoms with van der Waals surface area (Å²) in [5.74, 6) is -0.0638. The van der Waals surface area contributed by atoms with Crippen molar-refractivity contribution in [1.82, 2.24) is 4.98 Å². The highest BCUT2D eigenvalue weighted by atomic mass is 32.1. The molecule has 0 unspecified atom stereocenters. The average molecular weight is 458 g/mol. The van der Waals surface area contributed by atoms with Crippen LogP contribution in [0.1, 0.15) is 11.1 Å². The molecule has 0 aliphatic heterocycles. The zero-order valence-electron chi connectivity index (χ0n) is 16.0. The van der Waals surface area contributed by atoms with Gasteiger partial charge in [-0.1, -0.05) is 23.5 Å². The van der Waals surface area contributed by atoms with Crippen molar-refractivity contribution in [2.24, 2.45) is 5.10 Å². The van der Waals surface area contributed by atoms with E-state index in [1.165, 1.54) is 23.5 Å². The van der Waals surface area contributed by atoms with E-state index in [0.29, 0.717) is 16.8 Å². The molecule has 3 aromatic carbocycles. The Hall–Kier alpha value is -3.99. The van der Waals surface area contributed by atoms with Gasteiger partial charge in [0, 0.05) is 6.07 Å². The molecule has 7 nitrogen and oxygen atoms in total. The number of ether oxygens (including phenoxy) is 1. The molecule has 0 amide bonds. The van der Waals surface area contributed by atoms with Crippen molar-refractivity contribution in [2.45, 2.75) is 6.18 Å². The van der Waals surface area contributed by atoms with E-state index < -0.39 is 22.4 Å². The molecule has 0 fully saturated rings. The van der Waals surface area contributed by atoms with E-state index in [9.17, 15) is 23.3 Å². The van der Waals surface area contributed by atoms with E-state index in [4.69, 9.17) is 4.74 Å². The zero-order chi connectivity index (χ0) is 22.7. The molecule has 0 bridgehead atoms. The molecule has 0 atom stereocenters. The molecule has 0 radical (unpaired) electrons. The molecule has 0 saturated heterocycles. The van der Waals surface area contributed by atoms with Crippen LogP contribution in [0.25, 0.3) is 10.2 Å². The van der Waals surface area contributed by atoms with Crippen LogP contribution in [0.3, 0.4) is 0 Å². The Morgan fingerprint density at radius 3 is 2.53 bits per heavy atom. The normalized spacial score (nSPS) is 11.7. The molecule has 4 rings (SSSR count).